The summed E-state index contributed by atoms with van der Waals surface area (Å²) in [6.45, 7) is 4.10. The quantitative estimate of drug-likeness (QED) is 0.142. The number of aromatic nitrogens is 3. The second kappa shape index (κ2) is 11.5. The molecular weight excluding hydrogens is 518 g/mol. The van der Waals surface area contributed by atoms with Gasteiger partial charge in [-0.15, -0.1) is 13.2 Å². The fraction of sp³-hybridized carbons (Fsp3) is 0.192. The van der Waals surface area contributed by atoms with E-state index in [9.17, 15) is 22.4 Å². The van der Waals surface area contributed by atoms with Crippen molar-refractivity contribution in [3.8, 4) is 11.3 Å². The first-order valence-electron chi connectivity index (χ1n) is 11.7. The van der Waals surface area contributed by atoms with E-state index in [4.69, 9.17) is 0 Å². The third-order valence-electron chi connectivity index (χ3n) is 5.70. The summed E-state index contributed by atoms with van der Waals surface area (Å²) in [6, 6.07) is 12.8. The molecule has 2 aromatic heterocycles. The van der Waals surface area contributed by atoms with Crippen LogP contribution in [-0.2, 0) is 9.63 Å². The summed E-state index contributed by atoms with van der Waals surface area (Å²) in [5.41, 5.74) is 1.86. The number of fused-ring (bicyclic) bond motifs is 1. The Labute approximate surface area is 221 Å². The number of hydrogen-bond acceptors (Lipinski definition) is 7. The van der Waals surface area contributed by atoms with Crippen LogP contribution in [0, 0.1) is 0 Å². The van der Waals surface area contributed by atoms with Crippen molar-refractivity contribution in [3.05, 3.63) is 73.3 Å². The van der Waals surface area contributed by atoms with Gasteiger partial charge in [0.05, 0.1) is 23.3 Å². The van der Waals surface area contributed by atoms with E-state index in [1.54, 1.807) is 13.2 Å². The molecule has 0 unspecified atom stereocenters. The van der Waals surface area contributed by atoms with E-state index in [1.807, 2.05) is 36.2 Å². The van der Waals surface area contributed by atoms with Crippen LogP contribution in [0.4, 0.5) is 40.6 Å². The lowest BCUT2D eigenvalue weighted by molar-refractivity contribution is -0.325. The van der Waals surface area contributed by atoms with Gasteiger partial charge in [-0.25, -0.2) is 14.4 Å². The number of carbonyl (C=O) groups is 1. The number of anilines is 4. The maximum atomic E-state index is 13.6. The van der Waals surface area contributed by atoms with Crippen LogP contribution in [0.3, 0.4) is 0 Å². The van der Waals surface area contributed by atoms with Gasteiger partial charge in [-0.2, -0.15) is 9.90 Å². The number of likely N-dealkylation sites (N-methyl/N-ethyl adjacent to an activating group) is 2. The standard InChI is InChI=1S/C26H25F4N7O2/c1-16(27)24(38)34-20-10-6-7-11-21(20)37(39-26(28,29)30)25-33-15-22(36(3)13-12-31-2)23(35-25)18-14-32-19-9-5-4-8-17(18)19/h4-11,14-15,31-32H,1,12-13H2,2-3H3,(H,34,38). The van der Waals surface area contributed by atoms with Crippen LogP contribution < -0.4 is 20.6 Å². The van der Waals surface area contributed by atoms with Gasteiger partial charge < -0.3 is 20.5 Å². The minimum atomic E-state index is -5.16. The Morgan fingerprint density at radius 2 is 1.85 bits per heavy atom. The number of nitrogens with one attached hydrogen (secondary N) is 3. The summed E-state index contributed by atoms with van der Waals surface area (Å²) in [7, 11) is 3.61. The fourth-order valence-electron chi connectivity index (χ4n) is 3.86. The first-order chi connectivity index (χ1) is 18.6. The van der Waals surface area contributed by atoms with Crippen molar-refractivity contribution in [2.24, 2.45) is 0 Å². The molecule has 0 aliphatic rings. The van der Waals surface area contributed by atoms with Crippen molar-refractivity contribution in [2.75, 3.05) is 42.5 Å². The zero-order valence-electron chi connectivity index (χ0n) is 21.0. The van der Waals surface area contributed by atoms with Gasteiger partial charge in [0, 0.05) is 42.8 Å². The van der Waals surface area contributed by atoms with Crippen molar-refractivity contribution < 1.29 is 27.2 Å². The summed E-state index contributed by atoms with van der Waals surface area (Å²) < 4.78 is 54.3. The molecule has 2 aromatic carbocycles. The van der Waals surface area contributed by atoms with Crippen LogP contribution in [0.1, 0.15) is 0 Å². The molecule has 39 heavy (non-hydrogen) atoms. The molecule has 4 aromatic rings. The number of amides is 1. The highest BCUT2D eigenvalue weighted by Gasteiger charge is 2.37. The van der Waals surface area contributed by atoms with Crippen LogP contribution in [0.2, 0.25) is 0 Å². The Bertz CT molecular complexity index is 1490. The maximum absolute atomic E-state index is 13.6. The minimum absolute atomic E-state index is 0.182. The first-order valence-corrected chi connectivity index (χ1v) is 11.7. The predicted molar refractivity (Wildman–Crippen MR) is 141 cm³/mol. The van der Waals surface area contributed by atoms with Gasteiger partial charge in [0.1, 0.15) is 5.69 Å². The molecule has 0 saturated carbocycles. The van der Waals surface area contributed by atoms with Crippen LogP contribution in [-0.4, -0.2) is 54.4 Å². The summed E-state index contributed by atoms with van der Waals surface area (Å²) in [4.78, 5) is 30.0. The second-order valence-electron chi connectivity index (χ2n) is 8.38. The number of carbonyl (C=O) groups excluding carboxylic acids is 1. The molecule has 204 valence electrons. The normalized spacial score (nSPS) is 11.4. The Balaban J connectivity index is 1.90. The average molecular weight is 544 g/mol. The number of rotatable bonds is 10. The molecule has 2 heterocycles. The van der Waals surface area contributed by atoms with E-state index < -0.39 is 24.0 Å². The van der Waals surface area contributed by atoms with Gasteiger partial charge in [-0.1, -0.05) is 36.9 Å². The molecule has 0 spiro atoms. The van der Waals surface area contributed by atoms with Gasteiger partial charge >= 0.3 is 6.36 Å². The number of aromatic amines is 1. The lowest BCUT2D eigenvalue weighted by atomic mass is 10.1. The van der Waals surface area contributed by atoms with Crippen molar-refractivity contribution in [3.63, 3.8) is 0 Å². The molecule has 3 N–H and O–H groups in total. The molecule has 0 radical (unpaired) electrons. The third-order valence-corrected chi connectivity index (χ3v) is 5.70. The molecule has 4 rings (SSSR count). The van der Waals surface area contributed by atoms with Gasteiger partial charge in [-0.3, -0.25) is 4.79 Å². The zero-order valence-corrected chi connectivity index (χ0v) is 21.0. The molecule has 0 saturated heterocycles. The van der Waals surface area contributed by atoms with Crippen LogP contribution in [0.5, 0.6) is 0 Å². The van der Waals surface area contributed by atoms with Gasteiger partial charge in [0.25, 0.3) is 11.9 Å². The monoisotopic (exact) mass is 543 g/mol. The van der Waals surface area contributed by atoms with Crippen LogP contribution in [0.15, 0.2) is 73.3 Å². The number of nitrogens with zero attached hydrogens (tertiary/aromatic N) is 4. The number of hydrogen-bond donors (Lipinski definition) is 3. The Morgan fingerprint density at radius 1 is 1.13 bits per heavy atom. The van der Waals surface area contributed by atoms with E-state index in [1.165, 1.54) is 30.5 Å². The molecule has 0 fully saturated rings. The van der Waals surface area contributed by atoms with Crippen molar-refractivity contribution in [2.45, 2.75) is 6.36 Å². The molecule has 0 aliphatic heterocycles. The number of benzene rings is 2. The highest BCUT2D eigenvalue weighted by molar-refractivity contribution is 6.04. The lowest BCUT2D eigenvalue weighted by Crippen LogP contribution is -2.31. The smallest absolute Gasteiger partial charge is 0.370 e. The first kappa shape index (κ1) is 27.5. The molecule has 13 heteroatoms. The Kier molecular flexibility index (Phi) is 8.12. The molecule has 0 bridgehead atoms. The van der Waals surface area contributed by atoms with Crippen LogP contribution >= 0.6 is 0 Å². The predicted octanol–water partition coefficient (Wildman–Crippen LogP) is 5.29. The Morgan fingerprint density at radius 3 is 2.56 bits per heavy atom. The largest absolute Gasteiger partial charge is 0.544 e. The topological polar surface area (TPSA) is 98.4 Å². The molecular formula is C26H25F4N7O2. The van der Waals surface area contributed by atoms with E-state index in [0.717, 1.165) is 10.9 Å². The zero-order chi connectivity index (χ0) is 28.2. The van der Waals surface area contributed by atoms with E-state index in [2.05, 4.69) is 37.0 Å². The molecule has 0 atom stereocenters. The van der Waals surface area contributed by atoms with Crippen LogP contribution in [0.25, 0.3) is 22.2 Å². The summed E-state index contributed by atoms with van der Waals surface area (Å²) in [5.74, 6) is -3.02. The Hall–Kier alpha value is -4.49. The number of halogens is 4. The summed E-state index contributed by atoms with van der Waals surface area (Å²) >= 11 is 0. The highest BCUT2D eigenvalue weighted by Crippen LogP contribution is 2.38. The van der Waals surface area contributed by atoms with E-state index in [0.29, 0.717) is 35.1 Å². The third kappa shape index (κ3) is 6.33. The van der Waals surface area contributed by atoms with Crippen molar-refractivity contribution in [1.29, 1.82) is 0 Å². The fourth-order valence-corrected chi connectivity index (χ4v) is 3.86. The van der Waals surface area contributed by atoms with Crippen molar-refractivity contribution >= 4 is 39.8 Å². The van der Waals surface area contributed by atoms with Gasteiger partial charge in [-0.05, 0) is 25.2 Å². The van der Waals surface area contributed by atoms with Crippen molar-refractivity contribution in [1.82, 2.24) is 20.3 Å². The molecule has 9 nitrogen and oxygen atoms in total. The SMILES string of the molecule is C=C(F)C(=O)Nc1ccccc1N(OC(F)(F)F)c1ncc(N(C)CCNC)c(-c2c[nH]c3ccccc23)n1. The lowest BCUT2D eigenvalue weighted by Gasteiger charge is -2.27. The molecule has 0 aliphatic carbocycles. The number of H-pyrrole nitrogens is 1. The van der Waals surface area contributed by atoms with Gasteiger partial charge in [0.15, 0.2) is 5.83 Å². The van der Waals surface area contributed by atoms with E-state index >= 15 is 0 Å². The molecule has 1 amide bonds. The highest BCUT2D eigenvalue weighted by atomic mass is 19.4. The maximum Gasteiger partial charge on any atom is 0.544 e. The summed E-state index contributed by atoms with van der Waals surface area (Å²) in [5, 5.41) is 6.37. The summed E-state index contributed by atoms with van der Waals surface area (Å²) in [6.07, 6.45) is -2.05. The second-order valence-corrected chi connectivity index (χ2v) is 8.38. The average Bonchev–Trinajstić information content (AvgIpc) is 3.34. The number of para-hydroxylation sites is 3. The van der Waals surface area contributed by atoms with E-state index in [-0.39, 0.29) is 11.4 Å². The minimum Gasteiger partial charge on any atom is -0.370 e. The van der Waals surface area contributed by atoms with Gasteiger partial charge in [0.2, 0.25) is 0 Å². The number of alkyl halides is 3.